The Labute approximate surface area is 245 Å². The number of nitrogens with zero attached hydrogens (tertiary/aromatic N) is 9. The minimum absolute atomic E-state index is 0.0595. The van der Waals surface area contributed by atoms with Gasteiger partial charge in [-0.05, 0) is 36.8 Å². The molecule has 1 aliphatic heterocycles. The van der Waals surface area contributed by atoms with Crippen molar-refractivity contribution in [1.82, 2.24) is 29.3 Å². The summed E-state index contributed by atoms with van der Waals surface area (Å²) in [4.78, 5) is 24.4. The molecule has 10 heteroatoms. The first-order chi connectivity index (χ1) is 20.6. The molecule has 0 bridgehead atoms. The molecular weight excluding hydrogens is 526 g/mol. The number of hydrogen-bond acceptors (Lipinski definition) is 6. The van der Waals surface area contributed by atoms with Gasteiger partial charge in [-0.15, -0.1) is 0 Å². The normalized spacial score (nSPS) is 13.4. The highest BCUT2D eigenvalue weighted by Gasteiger charge is 2.26. The van der Waals surface area contributed by atoms with Crippen LogP contribution in [-0.4, -0.2) is 68.0 Å². The molecule has 1 saturated heterocycles. The van der Waals surface area contributed by atoms with E-state index >= 15 is 0 Å². The fourth-order valence-electron chi connectivity index (χ4n) is 5.44. The molecule has 4 aromatic heterocycles. The zero-order valence-corrected chi connectivity index (χ0v) is 23.9. The maximum atomic E-state index is 13.5. The highest BCUT2D eigenvalue weighted by molar-refractivity contribution is 5.92. The van der Waals surface area contributed by atoms with Crippen LogP contribution in [0, 0.1) is 11.3 Å². The predicted molar refractivity (Wildman–Crippen MR) is 163 cm³/mol. The summed E-state index contributed by atoms with van der Waals surface area (Å²) in [6.07, 6.45) is 11.1. The number of unbranched alkanes of at least 4 members (excludes halogenated alkanes) is 1. The second-order valence-corrected chi connectivity index (χ2v) is 10.5. The third kappa shape index (κ3) is 5.29. The first kappa shape index (κ1) is 27.0. The van der Waals surface area contributed by atoms with E-state index in [9.17, 15) is 10.1 Å². The van der Waals surface area contributed by atoms with Crippen LogP contribution in [0.4, 0.5) is 16.3 Å². The Kier molecular flexibility index (Phi) is 7.56. The van der Waals surface area contributed by atoms with E-state index in [4.69, 9.17) is 4.98 Å². The predicted octanol–water partition coefficient (Wildman–Crippen LogP) is 5.22. The number of benzene rings is 1. The maximum absolute atomic E-state index is 13.5. The number of anilines is 2. The molecule has 0 aliphatic carbocycles. The Morgan fingerprint density at radius 3 is 2.43 bits per heavy atom. The van der Waals surface area contributed by atoms with Crippen LogP contribution < -0.4 is 9.80 Å². The van der Waals surface area contributed by atoms with Crippen molar-refractivity contribution < 1.29 is 4.79 Å². The molecule has 0 atom stereocenters. The van der Waals surface area contributed by atoms with Gasteiger partial charge in [0.25, 0.3) is 0 Å². The quantitative estimate of drug-likeness (QED) is 0.271. The number of pyridine rings is 2. The number of hydrogen-bond donors (Lipinski definition) is 0. The molecule has 10 nitrogen and oxygen atoms in total. The molecule has 5 heterocycles. The van der Waals surface area contributed by atoms with Gasteiger partial charge in [0.15, 0.2) is 0 Å². The number of carbonyl (C=O) groups is 1. The molecule has 0 radical (unpaired) electrons. The van der Waals surface area contributed by atoms with Crippen LogP contribution in [0.25, 0.3) is 27.8 Å². The Morgan fingerprint density at radius 1 is 0.952 bits per heavy atom. The maximum Gasteiger partial charge on any atom is 0.324 e. The van der Waals surface area contributed by atoms with Crippen molar-refractivity contribution in [3.05, 3.63) is 85.1 Å². The first-order valence-corrected chi connectivity index (χ1v) is 14.3. The van der Waals surface area contributed by atoms with E-state index in [-0.39, 0.29) is 6.03 Å². The molecule has 5 aromatic rings. The van der Waals surface area contributed by atoms with Gasteiger partial charge in [0, 0.05) is 86.3 Å². The van der Waals surface area contributed by atoms with Gasteiger partial charge in [-0.2, -0.15) is 15.5 Å². The zero-order chi connectivity index (χ0) is 29.1. The average Bonchev–Trinajstić information content (AvgIpc) is 3.67. The third-order valence-corrected chi connectivity index (χ3v) is 7.74. The SMILES string of the molecule is CCCCN(C(=O)N1CCN(c2ccc(-c3cc(-c4cnn(C)c4)cn4ncc(C#N)c34)cn2)CC1)c1ccccc1. The van der Waals surface area contributed by atoms with Gasteiger partial charge in [-0.3, -0.25) is 9.58 Å². The van der Waals surface area contributed by atoms with E-state index in [1.807, 2.05) is 84.1 Å². The lowest BCUT2D eigenvalue weighted by Gasteiger charge is -2.38. The number of amides is 2. The number of para-hydroxylation sites is 1. The smallest absolute Gasteiger partial charge is 0.324 e. The molecule has 0 N–H and O–H groups in total. The molecule has 2 amide bonds. The Hall–Kier alpha value is -5.17. The number of urea groups is 1. The van der Waals surface area contributed by atoms with Crippen LogP contribution in [0.1, 0.15) is 25.3 Å². The Bertz CT molecular complexity index is 1730. The number of piperazine rings is 1. The highest BCUT2D eigenvalue weighted by Crippen LogP contribution is 2.32. The summed E-state index contributed by atoms with van der Waals surface area (Å²) in [5.41, 5.74) is 5.89. The van der Waals surface area contributed by atoms with E-state index in [1.54, 1.807) is 15.4 Å². The summed E-state index contributed by atoms with van der Waals surface area (Å²) in [5, 5.41) is 18.5. The van der Waals surface area contributed by atoms with Crippen LogP contribution >= 0.6 is 0 Å². The van der Waals surface area contributed by atoms with Crippen molar-refractivity contribution in [2.24, 2.45) is 7.05 Å². The fourth-order valence-corrected chi connectivity index (χ4v) is 5.44. The van der Waals surface area contributed by atoms with E-state index in [1.165, 1.54) is 0 Å². The molecule has 0 unspecified atom stereocenters. The summed E-state index contributed by atoms with van der Waals surface area (Å²) in [5.74, 6) is 0.866. The zero-order valence-electron chi connectivity index (χ0n) is 23.9. The number of carbonyl (C=O) groups excluding carboxylic acids is 1. The van der Waals surface area contributed by atoms with E-state index < -0.39 is 0 Å². The van der Waals surface area contributed by atoms with Gasteiger partial charge < -0.3 is 9.80 Å². The topological polar surface area (TPSA) is 98.6 Å². The molecule has 1 aliphatic rings. The summed E-state index contributed by atoms with van der Waals surface area (Å²) >= 11 is 0. The molecule has 1 fully saturated rings. The summed E-state index contributed by atoms with van der Waals surface area (Å²) < 4.78 is 3.51. The van der Waals surface area contributed by atoms with Crippen LogP contribution in [0.2, 0.25) is 0 Å². The fraction of sp³-hybridized carbons (Fsp3) is 0.281. The van der Waals surface area contributed by atoms with Crippen molar-refractivity contribution in [3.8, 4) is 28.3 Å². The van der Waals surface area contributed by atoms with Crippen LogP contribution in [0.3, 0.4) is 0 Å². The molecule has 1 aromatic carbocycles. The molecule has 212 valence electrons. The summed E-state index contributed by atoms with van der Waals surface area (Å²) in [6, 6.07) is 18.4. The molecule has 0 saturated carbocycles. The molecular formula is C32H33N9O. The van der Waals surface area contributed by atoms with Gasteiger partial charge in [0.1, 0.15) is 11.9 Å². The van der Waals surface area contributed by atoms with Gasteiger partial charge in [-0.1, -0.05) is 31.5 Å². The van der Waals surface area contributed by atoms with Crippen LogP contribution in [0.15, 0.2) is 79.5 Å². The highest BCUT2D eigenvalue weighted by atomic mass is 16.2. The number of aromatic nitrogens is 5. The second-order valence-electron chi connectivity index (χ2n) is 10.5. The molecule has 0 spiro atoms. The van der Waals surface area contributed by atoms with Gasteiger partial charge in [0.05, 0.1) is 23.5 Å². The molecule has 6 rings (SSSR count). The first-order valence-electron chi connectivity index (χ1n) is 14.3. The average molecular weight is 560 g/mol. The second kappa shape index (κ2) is 11.7. The Balaban J connectivity index is 1.20. The van der Waals surface area contributed by atoms with E-state index in [0.717, 1.165) is 52.1 Å². The van der Waals surface area contributed by atoms with E-state index in [2.05, 4.69) is 34.2 Å². The van der Waals surface area contributed by atoms with Crippen LogP contribution in [0.5, 0.6) is 0 Å². The van der Waals surface area contributed by atoms with Crippen molar-refractivity contribution in [3.63, 3.8) is 0 Å². The number of rotatable bonds is 7. The summed E-state index contributed by atoms with van der Waals surface area (Å²) in [7, 11) is 1.88. The van der Waals surface area contributed by atoms with Gasteiger partial charge in [-0.25, -0.2) is 14.3 Å². The minimum atomic E-state index is 0.0595. The van der Waals surface area contributed by atoms with Gasteiger partial charge in [0.2, 0.25) is 0 Å². The lowest BCUT2D eigenvalue weighted by molar-refractivity contribution is 0.201. The lowest BCUT2D eigenvalue weighted by Crippen LogP contribution is -2.53. The largest absolute Gasteiger partial charge is 0.353 e. The number of fused-ring (bicyclic) bond motifs is 1. The summed E-state index contributed by atoms with van der Waals surface area (Å²) in [6.45, 7) is 5.53. The number of nitriles is 1. The third-order valence-electron chi connectivity index (χ3n) is 7.74. The van der Waals surface area contributed by atoms with Gasteiger partial charge >= 0.3 is 6.03 Å². The van der Waals surface area contributed by atoms with E-state index in [0.29, 0.717) is 38.3 Å². The minimum Gasteiger partial charge on any atom is -0.353 e. The van der Waals surface area contributed by atoms with Crippen molar-refractivity contribution in [2.75, 3.05) is 42.5 Å². The standard InChI is InChI=1S/C32H33N9O/c1-3-4-12-40(28-8-6-5-7-9-28)32(42)39-15-13-38(14-16-39)30-11-10-24(19-34-30)29-17-25(27-21-35-37(2)22-27)23-41-31(29)26(18-33)20-36-41/h5-11,17,19-23H,3-4,12-16H2,1-2H3. The monoisotopic (exact) mass is 559 g/mol. The lowest BCUT2D eigenvalue weighted by atomic mass is 10.0. The number of aryl methyl sites for hydroxylation is 1. The molecule has 42 heavy (non-hydrogen) atoms. The Morgan fingerprint density at radius 2 is 1.76 bits per heavy atom. The van der Waals surface area contributed by atoms with Crippen LogP contribution in [-0.2, 0) is 7.05 Å². The van der Waals surface area contributed by atoms with Crippen molar-refractivity contribution in [2.45, 2.75) is 19.8 Å². The van der Waals surface area contributed by atoms with Crippen molar-refractivity contribution in [1.29, 1.82) is 5.26 Å². The van der Waals surface area contributed by atoms with Crippen molar-refractivity contribution >= 4 is 23.1 Å².